The summed E-state index contributed by atoms with van der Waals surface area (Å²) in [5, 5.41) is 0. The maximum absolute atomic E-state index is 2.25. The van der Waals surface area contributed by atoms with Crippen LogP contribution in [0.25, 0.3) is 0 Å². The van der Waals surface area contributed by atoms with Gasteiger partial charge in [-0.1, -0.05) is 31.6 Å². The van der Waals surface area contributed by atoms with Gasteiger partial charge in [-0.05, 0) is 22.5 Å². The summed E-state index contributed by atoms with van der Waals surface area (Å²) in [6.07, 6.45) is 9.19. The van der Waals surface area contributed by atoms with Gasteiger partial charge in [0, 0.05) is 5.75 Å². The minimum absolute atomic E-state index is 1.21. The number of fused-ring (bicyclic) bond motifs is 1. The molecule has 2 rings (SSSR count). The predicted molar refractivity (Wildman–Crippen MR) is 51.6 cm³/mol. The molecule has 0 atom stereocenters. The average molecular weight is 164 g/mol. The highest BCUT2D eigenvalue weighted by molar-refractivity contribution is 8.03. The molecule has 0 aromatic carbocycles. The van der Waals surface area contributed by atoms with Gasteiger partial charge in [0.1, 0.15) is 0 Å². The van der Waals surface area contributed by atoms with E-state index in [-0.39, 0.29) is 0 Å². The van der Waals surface area contributed by atoms with Gasteiger partial charge in [0.05, 0.1) is 0 Å². The van der Waals surface area contributed by atoms with Crippen molar-refractivity contribution in [3.8, 4) is 0 Å². The fourth-order valence-electron chi connectivity index (χ4n) is 1.53. The molecule has 2 aliphatic rings. The van der Waals surface area contributed by atoms with Crippen LogP contribution < -0.4 is 0 Å². The van der Waals surface area contributed by atoms with Gasteiger partial charge in [-0.25, -0.2) is 0 Å². The third kappa shape index (κ3) is 1.18. The van der Waals surface area contributed by atoms with Gasteiger partial charge in [-0.15, -0.1) is 11.8 Å². The lowest BCUT2D eigenvalue weighted by molar-refractivity contribution is 0.945. The molecule has 0 spiro atoms. The fourth-order valence-corrected chi connectivity index (χ4v) is 2.82. The van der Waals surface area contributed by atoms with Crippen LogP contribution in [-0.4, -0.2) is 5.75 Å². The zero-order valence-electron chi connectivity index (χ0n) is 6.76. The van der Waals surface area contributed by atoms with Gasteiger partial charge in [0.25, 0.3) is 0 Å². The van der Waals surface area contributed by atoms with Gasteiger partial charge < -0.3 is 0 Å². The fraction of sp³-hybridized carbons (Fsp3) is 0.400. The van der Waals surface area contributed by atoms with E-state index in [0.717, 1.165) is 0 Å². The Hall–Kier alpha value is -0.430. The predicted octanol–water partition coefficient (Wildman–Crippen LogP) is 3.28. The Bertz CT molecular complexity index is 256. The van der Waals surface area contributed by atoms with Crippen molar-refractivity contribution in [3.63, 3.8) is 0 Å². The number of rotatable bonds is 2. The largest absolute Gasteiger partial charge is 0.125 e. The molecule has 0 nitrogen and oxygen atoms in total. The van der Waals surface area contributed by atoms with Crippen LogP contribution in [0, 0.1) is 0 Å². The van der Waals surface area contributed by atoms with Gasteiger partial charge in [0.2, 0.25) is 0 Å². The van der Waals surface area contributed by atoms with Crippen LogP contribution in [0.4, 0.5) is 0 Å². The molecule has 0 aromatic heterocycles. The van der Waals surface area contributed by atoms with Crippen molar-refractivity contribution in [1.29, 1.82) is 0 Å². The first-order valence-corrected chi connectivity index (χ1v) is 5.14. The van der Waals surface area contributed by atoms with Gasteiger partial charge >= 0.3 is 0 Å². The topological polar surface area (TPSA) is 0 Å². The Kier molecular flexibility index (Phi) is 1.91. The maximum atomic E-state index is 2.25. The minimum Gasteiger partial charge on any atom is -0.125 e. The van der Waals surface area contributed by atoms with Gasteiger partial charge in [0.15, 0.2) is 0 Å². The van der Waals surface area contributed by atoms with Gasteiger partial charge in [-0.3, -0.25) is 0 Å². The molecule has 0 radical (unpaired) electrons. The van der Waals surface area contributed by atoms with Crippen LogP contribution in [0.1, 0.15) is 19.8 Å². The van der Waals surface area contributed by atoms with E-state index < -0.39 is 0 Å². The SMILES string of the molecule is CCCC1=C2C=CC=C2CS1. The number of hydrogen-bond donors (Lipinski definition) is 0. The Balaban J connectivity index is 2.25. The minimum atomic E-state index is 1.21. The molecule has 11 heavy (non-hydrogen) atoms. The Morgan fingerprint density at radius 2 is 2.45 bits per heavy atom. The zero-order chi connectivity index (χ0) is 7.68. The second kappa shape index (κ2) is 2.90. The van der Waals surface area contributed by atoms with E-state index in [0.29, 0.717) is 0 Å². The normalized spacial score (nSPS) is 21.0. The molecule has 1 heteroatoms. The molecule has 58 valence electrons. The van der Waals surface area contributed by atoms with Crippen LogP contribution in [-0.2, 0) is 0 Å². The van der Waals surface area contributed by atoms with Gasteiger partial charge in [-0.2, -0.15) is 0 Å². The lowest BCUT2D eigenvalue weighted by atomic mass is 10.1. The average Bonchev–Trinajstić information content (AvgIpc) is 2.53. The highest BCUT2D eigenvalue weighted by Crippen LogP contribution is 2.40. The van der Waals surface area contributed by atoms with Crippen LogP contribution >= 0.6 is 11.8 Å². The lowest BCUT2D eigenvalue weighted by Crippen LogP contribution is -1.78. The first-order valence-electron chi connectivity index (χ1n) is 4.15. The summed E-state index contributed by atoms with van der Waals surface area (Å²) in [7, 11) is 0. The van der Waals surface area contributed by atoms with Crippen molar-refractivity contribution < 1.29 is 0 Å². The summed E-state index contributed by atoms with van der Waals surface area (Å²) in [6.45, 7) is 2.24. The monoisotopic (exact) mass is 164 g/mol. The third-order valence-corrected chi connectivity index (χ3v) is 3.31. The number of thioether (sulfide) groups is 1. The van der Waals surface area contributed by atoms with Crippen molar-refractivity contribution in [1.82, 2.24) is 0 Å². The quantitative estimate of drug-likeness (QED) is 0.603. The molecule has 0 saturated heterocycles. The Morgan fingerprint density at radius 1 is 1.55 bits per heavy atom. The van der Waals surface area contributed by atoms with E-state index in [1.165, 1.54) is 24.2 Å². The van der Waals surface area contributed by atoms with E-state index in [1.54, 1.807) is 10.5 Å². The molecule has 0 amide bonds. The smallest absolute Gasteiger partial charge is 0.0235 e. The zero-order valence-corrected chi connectivity index (χ0v) is 7.58. The summed E-state index contributed by atoms with van der Waals surface area (Å²) < 4.78 is 0. The summed E-state index contributed by atoms with van der Waals surface area (Å²) in [4.78, 5) is 1.60. The van der Waals surface area contributed by atoms with Crippen LogP contribution in [0.15, 0.2) is 34.3 Å². The van der Waals surface area contributed by atoms with Crippen LogP contribution in [0.2, 0.25) is 0 Å². The van der Waals surface area contributed by atoms with E-state index in [2.05, 4.69) is 25.2 Å². The third-order valence-electron chi connectivity index (χ3n) is 2.09. The van der Waals surface area contributed by atoms with E-state index in [1.807, 2.05) is 11.8 Å². The van der Waals surface area contributed by atoms with Crippen molar-refractivity contribution in [2.24, 2.45) is 0 Å². The highest BCUT2D eigenvalue weighted by Gasteiger charge is 2.18. The molecular formula is C10H12S. The molecule has 1 heterocycles. The maximum Gasteiger partial charge on any atom is 0.0235 e. The van der Waals surface area contributed by atoms with Crippen molar-refractivity contribution >= 4 is 11.8 Å². The molecule has 0 aromatic rings. The van der Waals surface area contributed by atoms with Crippen molar-refractivity contribution in [2.45, 2.75) is 19.8 Å². The Labute approximate surface area is 72.1 Å². The summed E-state index contributed by atoms with van der Waals surface area (Å²) in [5.74, 6) is 1.21. The lowest BCUT2D eigenvalue weighted by Gasteiger charge is -1.97. The second-order valence-corrected chi connectivity index (χ2v) is 4.00. The molecule has 0 bridgehead atoms. The van der Waals surface area contributed by atoms with E-state index >= 15 is 0 Å². The first-order chi connectivity index (χ1) is 5.42. The summed E-state index contributed by atoms with van der Waals surface area (Å²) in [5.41, 5.74) is 3.07. The standard InChI is InChI=1S/C10H12S/c1-2-4-10-9-6-3-5-8(9)7-11-10/h3,5-6H,2,4,7H2,1H3. The number of hydrogen-bond acceptors (Lipinski definition) is 1. The van der Waals surface area contributed by atoms with E-state index in [9.17, 15) is 0 Å². The molecule has 0 saturated carbocycles. The summed E-state index contributed by atoms with van der Waals surface area (Å²) >= 11 is 2.02. The van der Waals surface area contributed by atoms with Crippen LogP contribution in [0.5, 0.6) is 0 Å². The second-order valence-electron chi connectivity index (χ2n) is 2.93. The molecule has 1 aliphatic heterocycles. The first kappa shape index (κ1) is 7.23. The van der Waals surface area contributed by atoms with Crippen molar-refractivity contribution in [2.75, 3.05) is 5.75 Å². The molecule has 1 aliphatic carbocycles. The Morgan fingerprint density at radius 3 is 3.27 bits per heavy atom. The molecule has 0 N–H and O–H groups in total. The van der Waals surface area contributed by atoms with Crippen LogP contribution in [0.3, 0.4) is 0 Å². The highest BCUT2D eigenvalue weighted by atomic mass is 32.2. The molecular weight excluding hydrogens is 152 g/mol. The molecule has 0 unspecified atom stereocenters. The van der Waals surface area contributed by atoms with E-state index in [4.69, 9.17) is 0 Å². The summed E-state index contributed by atoms with van der Waals surface area (Å²) in [6, 6.07) is 0. The van der Waals surface area contributed by atoms with Crippen molar-refractivity contribution in [3.05, 3.63) is 34.3 Å². The molecule has 0 fully saturated rings. The number of allylic oxidation sites excluding steroid dienone is 5.